The van der Waals surface area contributed by atoms with Gasteiger partial charge in [0.15, 0.2) is 0 Å². The predicted molar refractivity (Wildman–Crippen MR) is 92.6 cm³/mol. The third kappa shape index (κ3) is 3.24. The Hall–Kier alpha value is -2.76. The fourth-order valence-electron chi connectivity index (χ4n) is 3.45. The van der Waals surface area contributed by atoms with Crippen molar-refractivity contribution in [3.63, 3.8) is 0 Å². The smallest absolute Gasteiger partial charge is 0.255 e. The molecule has 0 radical (unpaired) electrons. The molecule has 0 unspecified atom stereocenters. The van der Waals surface area contributed by atoms with Crippen molar-refractivity contribution in [2.45, 2.75) is 19.3 Å². The number of fused-ring (bicyclic) bond motifs is 1. The topological polar surface area (TPSA) is 61.9 Å². The van der Waals surface area contributed by atoms with Crippen molar-refractivity contribution in [2.24, 2.45) is 5.92 Å². The van der Waals surface area contributed by atoms with Crippen molar-refractivity contribution in [1.82, 2.24) is 19.9 Å². The second kappa shape index (κ2) is 6.63. The van der Waals surface area contributed by atoms with Crippen molar-refractivity contribution in [3.05, 3.63) is 60.1 Å². The molecule has 4 rings (SSSR count). The summed E-state index contributed by atoms with van der Waals surface area (Å²) in [5.41, 5.74) is 0.818. The van der Waals surface area contributed by atoms with Gasteiger partial charge in [-0.2, -0.15) is 0 Å². The molecule has 3 aromatic rings. The number of imidazole rings is 1. The number of aromatic nitrogens is 3. The van der Waals surface area contributed by atoms with Crippen LogP contribution >= 0.6 is 0 Å². The lowest BCUT2D eigenvalue weighted by atomic mass is 9.93. The highest BCUT2D eigenvalue weighted by molar-refractivity contribution is 5.97. The maximum Gasteiger partial charge on any atom is 0.255 e. The van der Waals surface area contributed by atoms with E-state index in [1.165, 1.54) is 12.3 Å². The van der Waals surface area contributed by atoms with Gasteiger partial charge in [0.25, 0.3) is 5.91 Å². The van der Waals surface area contributed by atoms with E-state index >= 15 is 0 Å². The number of benzene rings is 1. The Balaban J connectivity index is 1.43. The maximum atomic E-state index is 13.7. The van der Waals surface area contributed by atoms with E-state index in [0.717, 1.165) is 38.2 Å². The summed E-state index contributed by atoms with van der Waals surface area (Å²) in [6, 6.07) is 6.51. The van der Waals surface area contributed by atoms with Gasteiger partial charge in [-0.05, 0) is 30.9 Å². The van der Waals surface area contributed by atoms with Gasteiger partial charge in [-0.1, -0.05) is 12.1 Å². The average Bonchev–Trinajstić information content (AvgIpc) is 3.15. The molecule has 1 aliphatic heterocycles. The summed E-state index contributed by atoms with van der Waals surface area (Å²) in [5, 5.41) is 0.651. The standard InChI is InChI=1S/C19H19FN4O/c20-16-3-1-2-14-11-15(12-23-18(14)16)19(25)24-8-4-13(5-9-24)10-17-21-6-7-22-17/h1-3,6-7,11-13H,4-5,8-10H2,(H,21,22). The third-order valence-corrected chi connectivity index (χ3v) is 4.85. The van der Waals surface area contributed by atoms with Gasteiger partial charge in [0.1, 0.15) is 17.2 Å². The van der Waals surface area contributed by atoms with Crippen LogP contribution in [-0.2, 0) is 6.42 Å². The van der Waals surface area contributed by atoms with Crippen molar-refractivity contribution in [1.29, 1.82) is 0 Å². The zero-order valence-corrected chi connectivity index (χ0v) is 13.8. The predicted octanol–water partition coefficient (Wildman–Crippen LogP) is 3.19. The number of H-pyrrole nitrogens is 1. The first-order valence-electron chi connectivity index (χ1n) is 8.52. The van der Waals surface area contributed by atoms with E-state index in [1.807, 2.05) is 11.1 Å². The Labute approximate surface area is 144 Å². The number of amides is 1. The van der Waals surface area contributed by atoms with E-state index in [-0.39, 0.29) is 11.7 Å². The molecule has 0 aliphatic carbocycles. The van der Waals surface area contributed by atoms with E-state index in [0.29, 0.717) is 22.4 Å². The van der Waals surface area contributed by atoms with Gasteiger partial charge in [-0.3, -0.25) is 9.78 Å². The highest BCUT2D eigenvalue weighted by atomic mass is 19.1. The Morgan fingerprint density at radius 3 is 2.88 bits per heavy atom. The molecular formula is C19H19FN4O. The molecule has 2 aromatic heterocycles. The zero-order valence-electron chi connectivity index (χ0n) is 13.8. The largest absolute Gasteiger partial charge is 0.349 e. The van der Waals surface area contributed by atoms with Crippen molar-refractivity contribution in [3.8, 4) is 0 Å². The van der Waals surface area contributed by atoms with Crippen LogP contribution in [0.2, 0.25) is 0 Å². The number of carbonyl (C=O) groups is 1. The summed E-state index contributed by atoms with van der Waals surface area (Å²) in [6.45, 7) is 1.46. The van der Waals surface area contributed by atoms with E-state index < -0.39 is 0 Å². The lowest BCUT2D eigenvalue weighted by Gasteiger charge is -2.31. The van der Waals surface area contributed by atoms with E-state index in [1.54, 1.807) is 24.4 Å². The summed E-state index contributed by atoms with van der Waals surface area (Å²) >= 11 is 0. The first kappa shape index (κ1) is 15.7. The number of hydrogen-bond donors (Lipinski definition) is 1. The second-order valence-corrected chi connectivity index (χ2v) is 6.51. The molecule has 0 atom stereocenters. The molecule has 1 N–H and O–H groups in total. The van der Waals surface area contributed by atoms with Crippen LogP contribution in [0.5, 0.6) is 0 Å². The quantitative estimate of drug-likeness (QED) is 0.798. The van der Waals surface area contributed by atoms with Gasteiger partial charge in [0, 0.05) is 43.5 Å². The van der Waals surface area contributed by atoms with Crippen LogP contribution in [0.3, 0.4) is 0 Å². The molecule has 3 heterocycles. The number of piperidine rings is 1. The monoisotopic (exact) mass is 338 g/mol. The Kier molecular flexibility index (Phi) is 4.17. The molecule has 6 heteroatoms. The highest BCUT2D eigenvalue weighted by Crippen LogP contribution is 2.23. The van der Waals surface area contributed by atoms with Crippen LogP contribution in [0.4, 0.5) is 4.39 Å². The molecule has 0 bridgehead atoms. The van der Waals surface area contributed by atoms with Crippen molar-refractivity contribution >= 4 is 16.8 Å². The van der Waals surface area contributed by atoms with Gasteiger partial charge >= 0.3 is 0 Å². The minimum Gasteiger partial charge on any atom is -0.349 e. The second-order valence-electron chi connectivity index (χ2n) is 6.51. The number of nitrogens with one attached hydrogen (secondary N) is 1. The summed E-state index contributed by atoms with van der Waals surface area (Å²) in [6.07, 6.45) is 7.92. The molecule has 1 aliphatic rings. The highest BCUT2D eigenvalue weighted by Gasteiger charge is 2.24. The van der Waals surface area contributed by atoms with E-state index in [4.69, 9.17) is 0 Å². The fraction of sp³-hybridized carbons (Fsp3) is 0.316. The normalized spacial score (nSPS) is 15.6. The number of hydrogen-bond acceptors (Lipinski definition) is 3. The van der Waals surface area contributed by atoms with Gasteiger partial charge in [-0.25, -0.2) is 9.37 Å². The summed E-state index contributed by atoms with van der Waals surface area (Å²) in [7, 11) is 0. The van der Waals surface area contributed by atoms with Crippen LogP contribution < -0.4 is 0 Å². The maximum absolute atomic E-state index is 13.7. The average molecular weight is 338 g/mol. The minimum absolute atomic E-state index is 0.0323. The molecule has 1 aromatic carbocycles. The first-order valence-corrected chi connectivity index (χ1v) is 8.52. The fourth-order valence-corrected chi connectivity index (χ4v) is 3.45. The molecule has 1 amide bonds. The molecule has 0 spiro atoms. The van der Waals surface area contributed by atoms with Crippen LogP contribution in [0.1, 0.15) is 29.0 Å². The number of halogens is 1. The lowest BCUT2D eigenvalue weighted by molar-refractivity contribution is 0.0689. The number of likely N-dealkylation sites (tertiary alicyclic amines) is 1. The number of pyridine rings is 1. The number of nitrogens with zero attached hydrogens (tertiary/aromatic N) is 3. The lowest BCUT2D eigenvalue weighted by Crippen LogP contribution is -2.39. The van der Waals surface area contributed by atoms with E-state index in [2.05, 4.69) is 15.0 Å². The number of para-hydroxylation sites is 1. The number of carbonyl (C=O) groups excluding carboxylic acids is 1. The first-order chi connectivity index (χ1) is 12.2. The van der Waals surface area contributed by atoms with Crippen LogP contribution in [0.25, 0.3) is 10.9 Å². The molecule has 0 saturated carbocycles. The zero-order chi connectivity index (χ0) is 17.2. The molecule has 5 nitrogen and oxygen atoms in total. The van der Waals surface area contributed by atoms with Gasteiger partial charge in [0.2, 0.25) is 0 Å². The Morgan fingerprint density at radius 1 is 1.28 bits per heavy atom. The summed E-state index contributed by atoms with van der Waals surface area (Å²) in [4.78, 5) is 26.1. The Bertz CT molecular complexity index is 886. The van der Waals surface area contributed by atoms with Crippen LogP contribution in [-0.4, -0.2) is 38.8 Å². The van der Waals surface area contributed by atoms with Crippen molar-refractivity contribution < 1.29 is 9.18 Å². The molecule has 128 valence electrons. The SMILES string of the molecule is O=C(c1cnc2c(F)cccc2c1)N1CCC(Cc2ncc[nH]2)CC1. The van der Waals surface area contributed by atoms with Crippen LogP contribution in [0, 0.1) is 11.7 Å². The summed E-state index contributed by atoms with van der Waals surface area (Å²) in [5.74, 6) is 1.15. The van der Waals surface area contributed by atoms with Gasteiger partial charge in [0.05, 0.1) is 5.56 Å². The number of rotatable bonds is 3. The van der Waals surface area contributed by atoms with Crippen LogP contribution in [0.15, 0.2) is 42.9 Å². The molecule has 25 heavy (non-hydrogen) atoms. The van der Waals surface area contributed by atoms with E-state index in [9.17, 15) is 9.18 Å². The third-order valence-electron chi connectivity index (χ3n) is 4.85. The van der Waals surface area contributed by atoms with Gasteiger partial charge < -0.3 is 9.88 Å². The van der Waals surface area contributed by atoms with Gasteiger partial charge in [-0.15, -0.1) is 0 Å². The minimum atomic E-state index is -0.366. The summed E-state index contributed by atoms with van der Waals surface area (Å²) < 4.78 is 13.7. The Morgan fingerprint density at radius 2 is 2.12 bits per heavy atom. The molecule has 1 saturated heterocycles. The number of aromatic amines is 1. The van der Waals surface area contributed by atoms with Crippen molar-refractivity contribution in [2.75, 3.05) is 13.1 Å². The molecular weight excluding hydrogens is 319 g/mol. The molecule has 1 fully saturated rings.